The largest absolute Gasteiger partial charge is 0.349 e. The number of carbonyl (C=O) groups is 1. The summed E-state index contributed by atoms with van der Waals surface area (Å²) in [5, 5.41) is 2.80. The van der Waals surface area contributed by atoms with Crippen molar-refractivity contribution in [2.75, 3.05) is 0 Å². The lowest BCUT2D eigenvalue weighted by atomic mass is 10.1. The van der Waals surface area contributed by atoms with Gasteiger partial charge < -0.3 is 5.32 Å². The van der Waals surface area contributed by atoms with Crippen LogP contribution in [0.15, 0.2) is 35.7 Å². The molecule has 1 amide bonds. The maximum atomic E-state index is 12.0. The molecule has 0 radical (unpaired) electrons. The number of rotatable bonds is 5. The van der Waals surface area contributed by atoms with Crippen molar-refractivity contribution in [1.29, 1.82) is 0 Å². The zero-order chi connectivity index (χ0) is 14.6. The molecule has 104 valence electrons. The van der Waals surface area contributed by atoms with Gasteiger partial charge >= 0.3 is 0 Å². The van der Waals surface area contributed by atoms with E-state index >= 15 is 0 Å². The van der Waals surface area contributed by atoms with Crippen molar-refractivity contribution >= 4 is 25.6 Å². The first-order valence-corrected chi connectivity index (χ1v) is 8.03. The molecule has 1 rings (SSSR count). The third-order valence-electron chi connectivity index (χ3n) is 2.62. The fourth-order valence-electron chi connectivity index (χ4n) is 1.65. The molecule has 19 heavy (non-hydrogen) atoms. The number of benzene rings is 1. The Morgan fingerprint density at radius 3 is 2.63 bits per heavy atom. The number of hydrogen-bond acceptors (Lipinski definition) is 3. The summed E-state index contributed by atoms with van der Waals surface area (Å²) in [6.07, 6.45) is 2.39. The second-order valence-electron chi connectivity index (χ2n) is 4.31. The van der Waals surface area contributed by atoms with E-state index in [9.17, 15) is 13.2 Å². The average Bonchev–Trinajstić information content (AvgIpc) is 2.27. The van der Waals surface area contributed by atoms with Crippen molar-refractivity contribution in [2.24, 2.45) is 0 Å². The molecule has 0 spiro atoms. The van der Waals surface area contributed by atoms with E-state index in [1.807, 2.05) is 6.92 Å². The third-order valence-corrected chi connectivity index (χ3v) is 3.97. The molecular formula is C13H16ClNO3S. The topological polar surface area (TPSA) is 63.2 Å². The fourth-order valence-corrected chi connectivity index (χ4v) is 2.49. The highest BCUT2D eigenvalue weighted by molar-refractivity contribution is 8.13. The van der Waals surface area contributed by atoms with E-state index in [1.165, 1.54) is 18.2 Å². The highest BCUT2D eigenvalue weighted by Crippen LogP contribution is 2.19. The monoisotopic (exact) mass is 301 g/mol. The summed E-state index contributed by atoms with van der Waals surface area (Å²) in [6, 6.07) is 4.14. The second kappa shape index (κ2) is 6.21. The lowest BCUT2D eigenvalue weighted by Crippen LogP contribution is -2.32. The van der Waals surface area contributed by atoms with Crippen LogP contribution in [0, 0.1) is 6.92 Å². The van der Waals surface area contributed by atoms with E-state index in [4.69, 9.17) is 10.7 Å². The number of carbonyl (C=O) groups excluding carboxylic acids is 1. The minimum atomic E-state index is -3.77. The quantitative estimate of drug-likeness (QED) is 0.671. The Hall–Kier alpha value is -1.33. The molecule has 0 bridgehead atoms. The highest BCUT2D eigenvalue weighted by atomic mass is 35.7. The van der Waals surface area contributed by atoms with Crippen molar-refractivity contribution in [3.05, 3.63) is 42.0 Å². The van der Waals surface area contributed by atoms with Gasteiger partial charge in [0.1, 0.15) is 0 Å². The molecule has 1 aromatic rings. The molecule has 0 saturated carbocycles. The second-order valence-corrected chi connectivity index (χ2v) is 6.88. The summed E-state index contributed by atoms with van der Waals surface area (Å²) in [6.45, 7) is 7.14. The summed E-state index contributed by atoms with van der Waals surface area (Å²) in [4.78, 5) is 12.0. The van der Waals surface area contributed by atoms with Crippen LogP contribution in [0.2, 0.25) is 0 Å². The predicted molar refractivity (Wildman–Crippen MR) is 76.0 cm³/mol. The van der Waals surface area contributed by atoms with Crippen molar-refractivity contribution in [2.45, 2.75) is 31.2 Å². The first kappa shape index (κ1) is 15.7. The van der Waals surface area contributed by atoms with Gasteiger partial charge in [0, 0.05) is 22.3 Å². The molecule has 1 unspecified atom stereocenters. The Labute approximate surface area is 117 Å². The molecule has 0 aromatic heterocycles. The number of amides is 1. The van der Waals surface area contributed by atoms with Gasteiger partial charge in [-0.15, -0.1) is 6.58 Å². The van der Waals surface area contributed by atoms with E-state index in [0.29, 0.717) is 17.5 Å². The summed E-state index contributed by atoms with van der Waals surface area (Å²) >= 11 is 0. The van der Waals surface area contributed by atoms with Gasteiger partial charge in [-0.1, -0.05) is 6.08 Å². The Morgan fingerprint density at radius 2 is 2.16 bits per heavy atom. The molecular weight excluding hydrogens is 286 g/mol. The van der Waals surface area contributed by atoms with Crippen LogP contribution in [0.5, 0.6) is 0 Å². The minimum absolute atomic E-state index is 0.0117. The van der Waals surface area contributed by atoms with Crippen LogP contribution in [0.25, 0.3) is 0 Å². The summed E-state index contributed by atoms with van der Waals surface area (Å²) in [5.41, 5.74) is 0.991. The molecule has 0 fully saturated rings. The van der Waals surface area contributed by atoms with Crippen LogP contribution in [0.4, 0.5) is 0 Å². The first-order chi connectivity index (χ1) is 8.75. The molecule has 0 heterocycles. The minimum Gasteiger partial charge on any atom is -0.349 e. The van der Waals surface area contributed by atoms with Crippen molar-refractivity contribution in [3.8, 4) is 0 Å². The van der Waals surface area contributed by atoms with E-state index in [-0.39, 0.29) is 16.8 Å². The van der Waals surface area contributed by atoms with Gasteiger partial charge in [-0.25, -0.2) is 8.42 Å². The van der Waals surface area contributed by atoms with Gasteiger partial charge in [-0.05, 0) is 44.0 Å². The number of halogens is 1. The maximum absolute atomic E-state index is 12.0. The Morgan fingerprint density at radius 1 is 1.53 bits per heavy atom. The molecule has 0 aliphatic carbocycles. The molecule has 0 saturated heterocycles. The Kier molecular flexibility index (Phi) is 5.14. The lowest BCUT2D eigenvalue weighted by Gasteiger charge is -2.13. The Balaban J connectivity index is 2.97. The van der Waals surface area contributed by atoms with Crippen molar-refractivity contribution in [1.82, 2.24) is 5.32 Å². The molecule has 4 nitrogen and oxygen atoms in total. The standard InChI is InChI=1S/C13H16ClNO3S/c1-4-5-10(3)15-13(16)12-7-6-11(8-9(12)2)19(14,17)18/h4,6-8,10H,1,5H2,2-3H3,(H,15,16). The molecule has 6 heteroatoms. The van der Waals surface area contributed by atoms with E-state index in [1.54, 1.807) is 13.0 Å². The van der Waals surface area contributed by atoms with Crippen LogP contribution in [-0.4, -0.2) is 20.4 Å². The SMILES string of the molecule is C=CCC(C)NC(=O)c1ccc(S(=O)(=O)Cl)cc1C. The van der Waals surface area contributed by atoms with Gasteiger partial charge in [0.05, 0.1) is 4.90 Å². The molecule has 1 aromatic carbocycles. The molecule has 0 aliphatic rings. The summed E-state index contributed by atoms with van der Waals surface area (Å²) < 4.78 is 22.4. The number of aryl methyl sites for hydroxylation is 1. The maximum Gasteiger partial charge on any atom is 0.261 e. The smallest absolute Gasteiger partial charge is 0.261 e. The zero-order valence-corrected chi connectivity index (χ0v) is 12.4. The predicted octanol–water partition coefficient (Wildman–Crippen LogP) is 2.62. The first-order valence-electron chi connectivity index (χ1n) is 5.72. The summed E-state index contributed by atoms with van der Waals surface area (Å²) in [7, 11) is 1.48. The lowest BCUT2D eigenvalue weighted by molar-refractivity contribution is 0.0940. The van der Waals surface area contributed by atoms with E-state index in [0.717, 1.165) is 0 Å². The van der Waals surface area contributed by atoms with Crippen LogP contribution < -0.4 is 5.32 Å². The average molecular weight is 302 g/mol. The van der Waals surface area contributed by atoms with Crippen molar-refractivity contribution in [3.63, 3.8) is 0 Å². The molecule has 1 atom stereocenters. The van der Waals surface area contributed by atoms with Crippen LogP contribution in [0.3, 0.4) is 0 Å². The number of hydrogen-bond donors (Lipinski definition) is 1. The summed E-state index contributed by atoms with van der Waals surface area (Å²) in [5.74, 6) is -0.245. The fraction of sp³-hybridized carbons (Fsp3) is 0.308. The van der Waals surface area contributed by atoms with Gasteiger partial charge in [-0.3, -0.25) is 4.79 Å². The van der Waals surface area contributed by atoms with Gasteiger partial charge in [0.15, 0.2) is 0 Å². The zero-order valence-electron chi connectivity index (χ0n) is 10.8. The van der Waals surface area contributed by atoms with E-state index in [2.05, 4.69) is 11.9 Å². The van der Waals surface area contributed by atoms with Crippen LogP contribution in [-0.2, 0) is 9.05 Å². The normalized spacial score (nSPS) is 12.8. The highest BCUT2D eigenvalue weighted by Gasteiger charge is 2.15. The Bertz CT molecular complexity index is 596. The molecule has 1 N–H and O–H groups in total. The van der Waals surface area contributed by atoms with Gasteiger partial charge in [-0.2, -0.15) is 0 Å². The number of nitrogens with one attached hydrogen (secondary N) is 1. The third kappa shape index (κ3) is 4.36. The van der Waals surface area contributed by atoms with Gasteiger partial charge in [0.25, 0.3) is 15.0 Å². The van der Waals surface area contributed by atoms with Crippen LogP contribution in [0.1, 0.15) is 29.3 Å². The van der Waals surface area contributed by atoms with Crippen LogP contribution >= 0.6 is 10.7 Å². The van der Waals surface area contributed by atoms with E-state index < -0.39 is 9.05 Å². The van der Waals surface area contributed by atoms with Crippen molar-refractivity contribution < 1.29 is 13.2 Å². The van der Waals surface area contributed by atoms with Gasteiger partial charge in [0.2, 0.25) is 0 Å². The molecule has 0 aliphatic heterocycles.